The zero-order valence-corrected chi connectivity index (χ0v) is 20.7. The molecule has 4 N–H and O–H groups in total. The molecule has 2 aromatic carbocycles. The molecule has 10 heteroatoms. The number of nitrogens with zero attached hydrogens (tertiary/aromatic N) is 2. The first-order valence-electron chi connectivity index (χ1n) is 12.3. The summed E-state index contributed by atoms with van der Waals surface area (Å²) in [6, 6.07) is 16.5. The zero-order valence-electron chi connectivity index (χ0n) is 20.7. The van der Waals surface area contributed by atoms with Crippen LogP contribution in [0.25, 0.3) is 0 Å². The van der Waals surface area contributed by atoms with Crippen LogP contribution in [0.1, 0.15) is 36.9 Å². The lowest BCUT2D eigenvalue weighted by Gasteiger charge is -2.42. The molecule has 0 radical (unpaired) electrons. The number of amides is 1. The van der Waals surface area contributed by atoms with Crippen LogP contribution in [0.4, 0.5) is 5.69 Å². The SMILES string of the molecule is CCCCOc1ccc(C2NNC3OC(N)=C(C#N)C4(C(=O)N(CC(=O)OC)c5ccccc54)C32)cc1. The predicted octanol–water partition coefficient (Wildman–Crippen LogP) is 2.14. The number of esters is 1. The molecule has 37 heavy (non-hydrogen) atoms. The number of carbonyl (C=O) groups is 2. The highest BCUT2D eigenvalue weighted by Crippen LogP contribution is 2.58. The minimum atomic E-state index is -1.48. The number of unbranched alkanes of at least 4 members (excludes halogenated alkanes) is 1. The van der Waals surface area contributed by atoms with Crippen molar-refractivity contribution in [3.63, 3.8) is 0 Å². The van der Waals surface area contributed by atoms with Gasteiger partial charge in [-0.15, -0.1) is 0 Å². The first-order valence-corrected chi connectivity index (χ1v) is 12.3. The molecule has 0 aromatic heterocycles. The maximum absolute atomic E-state index is 14.4. The van der Waals surface area contributed by atoms with Gasteiger partial charge in [-0.05, 0) is 35.7 Å². The highest BCUT2D eigenvalue weighted by atomic mass is 16.5. The third-order valence-electron chi connectivity index (χ3n) is 7.30. The number of para-hydroxylation sites is 1. The molecule has 192 valence electrons. The highest BCUT2D eigenvalue weighted by molar-refractivity contribution is 6.13. The van der Waals surface area contributed by atoms with Gasteiger partial charge in [0.15, 0.2) is 6.23 Å². The van der Waals surface area contributed by atoms with Crippen LogP contribution in [-0.4, -0.2) is 38.4 Å². The summed E-state index contributed by atoms with van der Waals surface area (Å²) in [5, 5.41) is 10.3. The molecule has 3 aliphatic heterocycles. The van der Waals surface area contributed by atoms with E-state index in [2.05, 4.69) is 23.8 Å². The van der Waals surface area contributed by atoms with Gasteiger partial charge >= 0.3 is 5.97 Å². The van der Waals surface area contributed by atoms with E-state index in [0.717, 1.165) is 24.2 Å². The minimum Gasteiger partial charge on any atom is -0.494 e. The van der Waals surface area contributed by atoms with E-state index >= 15 is 0 Å². The second-order valence-corrected chi connectivity index (χ2v) is 9.25. The van der Waals surface area contributed by atoms with Gasteiger partial charge in [-0.2, -0.15) is 5.26 Å². The number of hydrogen-bond donors (Lipinski definition) is 3. The van der Waals surface area contributed by atoms with Gasteiger partial charge < -0.3 is 19.9 Å². The van der Waals surface area contributed by atoms with Crippen molar-refractivity contribution in [1.29, 1.82) is 5.26 Å². The van der Waals surface area contributed by atoms with Crippen molar-refractivity contribution in [1.82, 2.24) is 10.9 Å². The minimum absolute atomic E-state index is 0.0218. The van der Waals surface area contributed by atoms with Crippen LogP contribution in [-0.2, 0) is 24.5 Å². The molecule has 3 heterocycles. The van der Waals surface area contributed by atoms with Crippen LogP contribution >= 0.6 is 0 Å². The summed E-state index contributed by atoms with van der Waals surface area (Å²) in [4.78, 5) is 28.0. The second-order valence-electron chi connectivity index (χ2n) is 9.25. The summed E-state index contributed by atoms with van der Waals surface area (Å²) in [5.41, 5.74) is 13.2. The fourth-order valence-electron chi connectivity index (χ4n) is 5.60. The third kappa shape index (κ3) is 3.79. The standard InChI is InChI=1S/C27H29N5O5/c1-3-4-13-36-17-11-9-16(10-12-17)23-22-25(31-30-23)37-24(29)19(14-28)27(22)18-7-5-6-8-20(18)32(26(27)34)15-21(33)35-2/h5-12,22-23,25,30-31H,3-4,13,15,29H2,1-2H3. The number of nitrogens with one attached hydrogen (secondary N) is 2. The Labute approximate surface area is 214 Å². The number of ether oxygens (including phenoxy) is 3. The van der Waals surface area contributed by atoms with E-state index in [9.17, 15) is 14.9 Å². The van der Waals surface area contributed by atoms with E-state index in [0.29, 0.717) is 17.9 Å². The second kappa shape index (κ2) is 9.76. The fourth-order valence-corrected chi connectivity index (χ4v) is 5.60. The molecule has 1 amide bonds. The average molecular weight is 504 g/mol. The molecule has 1 spiro atoms. The van der Waals surface area contributed by atoms with Gasteiger partial charge in [0.25, 0.3) is 0 Å². The fraction of sp³-hybridized carbons (Fsp3) is 0.370. The molecule has 4 unspecified atom stereocenters. The number of hydrazine groups is 1. The molecular weight excluding hydrogens is 474 g/mol. The molecule has 5 rings (SSSR count). The average Bonchev–Trinajstić information content (AvgIpc) is 3.43. The van der Waals surface area contributed by atoms with Gasteiger partial charge in [0, 0.05) is 5.69 Å². The van der Waals surface area contributed by atoms with Crippen molar-refractivity contribution in [2.24, 2.45) is 11.7 Å². The van der Waals surface area contributed by atoms with Crippen molar-refractivity contribution >= 4 is 17.6 Å². The van der Waals surface area contributed by atoms with Gasteiger partial charge in [0.2, 0.25) is 11.8 Å². The quantitative estimate of drug-likeness (QED) is 0.383. The molecule has 2 aromatic rings. The molecule has 3 aliphatic rings. The number of nitriles is 1. The van der Waals surface area contributed by atoms with Gasteiger partial charge in [0.1, 0.15) is 29.4 Å². The first kappa shape index (κ1) is 24.6. The maximum Gasteiger partial charge on any atom is 0.325 e. The van der Waals surface area contributed by atoms with E-state index in [-0.39, 0.29) is 18.0 Å². The zero-order chi connectivity index (χ0) is 26.2. The van der Waals surface area contributed by atoms with E-state index in [1.165, 1.54) is 12.0 Å². The monoisotopic (exact) mass is 503 g/mol. The van der Waals surface area contributed by atoms with Crippen LogP contribution in [0.2, 0.25) is 0 Å². The van der Waals surface area contributed by atoms with Crippen molar-refractivity contribution < 1.29 is 23.8 Å². The van der Waals surface area contributed by atoms with Crippen LogP contribution in [0.3, 0.4) is 0 Å². The van der Waals surface area contributed by atoms with Crippen LogP contribution in [0, 0.1) is 17.2 Å². The molecule has 10 nitrogen and oxygen atoms in total. The summed E-state index contributed by atoms with van der Waals surface area (Å²) < 4.78 is 16.6. The normalized spacial score (nSPS) is 25.9. The number of benzene rings is 2. The van der Waals surface area contributed by atoms with Crippen LogP contribution in [0.15, 0.2) is 60.0 Å². The summed E-state index contributed by atoms with van der Waals surface area (Å²) in [5.74, 6) is -0.967. The lowest BCUT2D eigenvalue weighted by atomic mass is 9.62. The summed E-state index contributed by atoms with van der Waals surface area (Å²) in [6.07, 6.45) is 1.30. The van der Waals surface area contributed by atoms with Crippen molar-refractivity contribution in [3.05, 3.63) is 71.1 Å². The number of nitrogens with two attached hydrogens (primary N) is 1. The first-order chi connectivity index (χ1) is 18.0. The molecule has 4 atom stereocenters. The number of methoxy groups -OCH3 is 1. The third-order valence-corrected chi connectivity index (χ3v) is 7.30. The van der Waals surface area contributed by atoms with Gasteiger partial charge in [-0.25, -0.2) is 10.9 Å². The van der Waals surface area contributed by atoms with E-state index in [1.807, 2.05) is 24.3 Å². The number of carbonyl (C=O) groups excluding carboxylic acids is 2. The largest absolute Gasteiger partial charge is 0.494 e. The number of hydrogen-bond acceptors (Lipinski definition) is 9. The van der Waals surface area contributed by atoms with Gasteiger partial charge in [-0.3, -0.25) is 14.5 Å². The molecule has 0 aliphatic carbocycles. The summed E-state index contributed by atoms with van der Waals surface area (Å²) in [6.45, 7) is 2.45. The Morgan fingerprint density at radius 2 is 1.97 bits per heavy atom. The number of rotatable bonds is 7. The molecule has 1 fully saturated rings. The van der Waals surface area contributed by atoms with E-state index in [4.69, 9.17) is 19.9 Å². The number of fused-ring (bicyclic) bond motifs is 4. The van der Waals surface area contributed by atoms with Crippen molar-refractivity contribution in [2.45, 2.75) is 37.5 Å². The van der Waals surface area contributed by atoms with Gasteiger partial charge in [0.05, 0.1) is 25.7 Å². The van der Waals surface area contributed by atoms with E-state index < -0.39 is 35.5 Å². The Balaban J connectivity index is 1.62. The Hall–Kier alpha value is -4.07. The molecule has 1 saturated heterocycles. The molecular formula is C27H29N5O5. The Bertz CT molecular complexity index is 1290. The van der Waals surface area contributed by atoms with Crippen molar-refractivity contribution in [3.8, 4) is 11.8 Å². The Morgan fingerprint density at radius 1 is 1.22 bits per heavy atom. The Kier molecular flexibility index (Phi) is 6.50. The van der Waals surface area contributed by atoms with Crippen molar-refractivity contribution in [2.75, 3.05) is 25.2 Å². The number of anilines is 1. The molecule has 0 bridgehead atoms. The highest BCUT2D eigenvalue weighted by Gasteiger charge is 2.67. The van der Waals surface area contributed by atoms with E-state index in [1.54, 1.807) is 24.3 Å². The smallest absolute Gasteiger partial charge is 0.325 e. The summed E-state index contributed by atoms with van der Waals surface area (Å²) >= 11 is 0. The summed E-state index contributed by atoms with van der Waals surface area (Å²) in [7, 11) is 1.27. The van der Waals surface area contributed by atoms with Gasteiger partial charge in [-0.1, -0.05) is 43.7 Å². The lowest BCUT2D eigenvalue weighted by molar-refractivity contribution is -0.140. The topological polar surface area (TPSA) is 139 Å². The van der Waals surface area contributed by atoms with Crippen LogP contribution in [0.5, 0.6) is 5.75 Å². The molecule has 0 saturated carbocycles. The Morgan fingerprint density at radius 3 is 2.68 bits per heavy atom. The maximum atomic E-state index is 14.4. The predicted molar refractivity (Wildman–Crippen MR) is 134 cm³/mol. The van der Waals surface area contributed by atoms with Crippen LogP contribution < -0.4 is 26.2 Å². The lowest BCUT2D eigenvalue weighted by Crippen LogP contribution is -2.56.